The summed E-state index contributed by atoms with van der Waals surface area (Å²) in [5.41, 5.74) is 2.97. The van der Waals surface area contributed by atoms with Crippen molar-refractivity contribution in [1.29, 1.82) is 0 Å². The monoisotopic (exact) mass is 376 g/mol. The summed E-state index contributed by atoms with van der Waals surface area (Å²) >= 11 is 0. The first kappa shape index (κ1) is 18.0. The van der Waals surface area contributed by atoms with Gasteiger partial charge in [0.1, 0.15) is 5.75 Å². The quantitative estimate of drug-likeness (QED) is 0.753. The van der Waals surface area contributed by atoms with Crippen molar-refractivity contribution in [2.75, 3.05) is 43.5 Å². The van der Waals surface area contributed by atoms with Crippen molar-refractivity contribution >= 4 is 17.4 Å². The Balaban J connectivity index is 1.34. The maximum atomic E-state index is 12.7. The molecule has 2 amide bonds. The van der Waals surface area contributed by atoms with Crippen molar-refractivity contribution in [2.45, 2.75) is 0 Å². The van der Waals surface area contributed by atoms with Crippen LogP contribution >= 0.6 is 0 Å². The SMILES string of the molecule is COc1ccc(N2CCN(C(=O)Nc3cccc(-n4cccc4)c3)CC2)cc1. The first-order valence-corrected chi connectivity index (χ1v) is 9.41. The van der Waals surface area contributed by atoms with Crippen molar-refractivity contribution in [2.24, 2.45) is 0 Å². The highest BCUT2D eigenvalue weighted by molar-refractivity contribution is 5.89. The third-order valence-corrected chi connectivity index (χ3v) is 5.00. The number of hydrogen-bond donors (Lipinski definition) is 1. The van der Waals surface area contributed by atoms with Gasteiger partial charge in [0.25, 0.3) is 0 Å². The molecule has 144 valence electrons. The Morgan fingerprint density at radius 1 is 0.893 bits per heavy atom. The number of anilines is 2. The van der Waals surface area contributed by atoms with Gasteiger partial charge in [-0.2, -0.15) is 0 Å². The Labute approximate surface area is 164 Å². The van der Waals surface area contributed by atoms with E-state index >= 15 is 0 Å². The molecule has 1 aromatic heterocycles. The van der Waals surface area contributed by atoms with Gasteiger partial charge in [-0.25, -0.2) is 4.79 Å². The number of carbonyl (C=O) groups is 1. The second-order valence-electron chi connectivity index (χ2n) is 6.74. The van der Waals surface area contributed by atoms with E-state index in [1.165, 1.54) is 0 Å². The first-order chi connectivity index (χ1) is 13.7. The minimum atomic E-state index is -0.0564. The van der Waals surface area contributed by atoms with Crippen LogP contribution < -0.4 is 15.0 Å². The minimum Gasteiger partial charge on any atom is -0.497 e. The van der Waals surface area contributed by atoms with Crippen molar-refractivity contribution in [3.63, 3.8) is 0 Å². The summed E-state index contributed by atoms with van der Waals surface area (Å²) in [6.07, 6.45) is 3.97. The molecule has 1 aliphatic heterocycles. The Kier molecular flexibility index (Phi) is 5.19. The molecule has 6 heteroatoms. The van der Waals surface area contributed by atoms with E-state index in [1.54, 1.807) is 7.11 Å². The Morgan fingerprint density at radius 2 is 1.61 bits per heavy atom. The molecule has 1 aliphatic rings. The Hall–Kier alpha value is -3.41. The summed E-state index contributed by atoms with van der Waals surface area (Å²) < 4.78 is 7.23. The third kappa shape index (κ3) is 3.96. The normalized spacial score (nSPS) is 14.0. The fraction of sp³-hybridized carbons (Fsp3) is 0.227. The van der Waals surface area contributed by atoms with Gasteiger partial charge >= 0.3 is 6.03 Å². The number of nitrogens with zero attached hydrogens (tertiary/aromatic N) is 3. The fourth-order valence-corrected chi connectivity index (χ4v) is 3.41. The highest BCUT2D eigenvalue weighted by atomic mass is 16.5. The van der Waals surface area contributed by atoms with Crippen molar-refractivity contribution < 1.29 is 9.53 Å². The molecule has 0 aliphatic carbocycles. The number of amides is 2. The zero-order valence-electron chi connectivity index (χ0n) is 15.9. The van der Waals surface area contributed by atoms with Gasteiger partial charge in [0.05, 0.1) is 7.11 Å². The van der Waals surface area contributed by atoms with Gasteiger partial charge < -0.3 is 24.4 Å². The smallest absolute Gasteiger partial charge is 0.321 e. The highest BCUT2D eigenvalue weighted by Crippen LogP contribution is 2.21. The molecule has 0 spiro atoms. The number of rotatable bonds is 4. The fourth-order valence-electron chi connectivity index (χ4n) is 3.41. The molecule has 0 saturated carbocycles. The number of aromatic nitrogens is 1. The molecule has 1 N–H and O–H groups in total. The van der Waals surface area contributed by atoms with E-state index in [2.05, 4.69) is 22.3 Å². The van der Waals surface area contributed by atoms with Gasteiger partial charge in [-0.1, -0.05) is 6.07 Å². The number of piperazine rings is 1. The topological polar surface area (TPSA) is 49.7 Å². The standard InChI is InChI=1S/C22H24N4O2/c1-28-21-9-7-19(8-10-21)25-13-15-26(16-14-25)22(27)23-18-5-4-6-20(17-18)24-11-2-3-12-24/h2-12,17H,13-16H2,1H3,(H,23,27). The first-order valence-electron chi connectivity index (χ1n) is 9.41. The van der Waals surface area contributed by atoms with Crippen LogP contribution in [0.15, 0.2) is 73.1 Å². The molecular formula is C22H24N4O2. The molecule has 1 fully saturated rings. The number of hydrogen-bond acceptors (Lipinski definition) is 3. The molecule has 0 unspecified atom stereocenters. The summed E-state index contributed by atoms with van der Waals surface area (Å²) in [6, 6.07) is 19.8. The van der Waals surface area contributed by atoms with Gasteiger partial charge in [-0.15, -0.1) is 0 Å². The number of nitrogens with one attached hydrogen (secondary N) is 1. The lowest BCUT2D eigenvalue weighted by Gasteiger charge is -2.36. The number of ether oxygens (including phenoxy) is 1. The molecule has 6 nitrogen and oxygen atoms in total. The lowest BCUT2D eigenvalue weighted by Crippen LogP contribution is -2.50. The molecule has 0 bridgehead atoms. The second kappa shape index (κ2) is 8.08. The number of carbonyl (C=O) groups excluding carboxylic acids is 1. The number of urea groups is 1. The average molecular weight is 376 g/mol. The predicted octanol–water partition coefficient (Wildman–Crippen LogP) is 3.84. The zero-order chi connectivity index (χ0) is 19.3. The van der Waals surface area contributed by atoms with E-state index in [4.69, 9.17) is 4.74 Å². The molecule has 4 rings (SSSR count). The molecule has 2 heterocycles. The van der Waals surface area contributed by atoms with Gasteiger partial charge in [0, 0.05) is 55.6 Å². The molecule has 1 saturated heterocycles. The van der Waals surface area contributed by atoms with Crippen LogP contribution in [0, 0.1) is 0 Å². The Morgan fingerprint density at radius 3 is 2.29 bits per heavy atom. The lowest BCUT2D eigenvalue weighted by atomic mass is 10.2. The minimum absolute atomic E-state index is 0.0564. The van der Waals surface area contributed by atoms with Crippen LogP contribution in [0.5, 0.6) is 5.75 Å². The van der Waals surface area contributed by atoms with Crippen LogP contribution in [0.25, 0.3) is 5.69 Å². The van der Waals surface area contributed by atoms with Crippen molar-refractivity contribution in [3.05, 3.63) is 73.1 Å². The van der Waals surface area contributed by atoms with Gasteiger partial charge in [-0.3, -0.25) is 0 Å². The average Bonchev–Trinajstić information content (AvgIpc) is 3.29. The van der Waals surface area contributed by atoms with Crippen LogP contribution in [0.4, 0.5) is 16.2 Å². The molecule has 28 heavy (non-hydrogen) atoms. The largest absolute Gasteiger partial charge is 0.497 e. The molecule has 3 aromatic rings. The van der Waals surface area contributed by atoms with Crippen molar-refractivity contribution in [1.82, 2.24) is 9.47 Å². The summed E-state index contributed by atoms with van der Waals surface area (Å²) in [5.74, 6) is 0.851. The summed E-state index contributed by atoms with van der Waals surface area (Å²) in [5, 5.41) is 3.02. The summed E-state index contributed by atoms with van der Waals surface area (Å²) in [4.78, 5) is 16.8. The van der Waals surface area contributed by atoms with E-state index < -0.39 is 0 Å². The van der Waals surface area contributed by atoms with Crippen LogP contribution in [0.3, 0.4) is 0 Å². The predicted molar refractivity (Wildman–Crippen MR) is 112 cm³/mol. The molecule has 0 atom stereocenters. The molecule has 0 radical (unpaired) electrons. The molecule has 2 aromatic carbocycles. The Bertz CT molecular complexity index is 914. The van der Waals surface area contributed by atoms with Gasteiger partial charge in [0.2, 0.25) is 0 Å². The highest BCUT2D eigenvalue weighted by Gasteiger charge is 2.21. The van der Waals surface area contributed by atoms with Gasteiger partial charge in [-0.05, 0) is 54.6 Å². The van der Waals surface area contributed by atoms with Crippen LogP contribution in [0.1, 0.15) is 0 Å². The van der Waals surface area contributed by atoms with E-state index in [1.807, 2.05) is 70.4 Å². The van der Waals surface area contributed by atoms with E-state index in [0.717, 1.165) is 35.9 Å². The van der Waals surface area contributed by atoms with E-state index in [9.17, 15) is 4.79 Å². The zero-order valence-corrected chi connectivity index (χ0v) is 15.9. The van der Waals surface area contributed by atoms with Gasteiger partial charge in [0.15, 0.2) is 0 Å². The van der Waals surface area contributed by atoms with E-state index in [0.29, 0.717) is 13.1 Å². The summed E-state index contributed by atoms with van der Waals surface area (Å²) in [6.45, 7) is 3.00. The third-order valence-electron chi connectivity index (χ3n) is 5.00. The number of methoxy groups -OCH3 is 1. The van der Waals surface area contributed by atoms with Crippen LogP contribution in [-0.2, 0) is 0 Å². The van der Waals surface area contributed by atoms with Crippen LogP contribution in [0.2, 0.25) is 0 Å². The van der Waals surface area contributed by atoms with E-state index in [-0.39, 0.29) is 6.03 Å². The molecular weight excluding hydrogens is 352 g/mol. The summed E-state index contributed by atoms with van der Waals surface area (Å²) in [7, 11) is 1.67. The number of benzene rings is 2. The van der Waals surface area contributed by atoms with Crippen LogP contribution in [-0.4, -0.2) is 48.8 Å². The maximum absolute atomic E-state index is 12.7. The van der Waals surface area contributed by atoms with Crippen molar-refractivity contribution in [3.8, 4) is 11.4 Å². The second-order valence-corrected chi connectivity index (χ2v) is 6.74. The lowest BCUT2D eigenvalue weighted by molar-refractivity contribution is 0.208. The maximum Gasteiger partial charge on any atom is 0.321 e.